The number of halogens is 3. The van der Waals surface area contributed by atoms with Crippen LogP contribution in [0.4, 0.5) is 19.1 Å². The van der Waals surface area contributed by atoms with E-state index >= 15 is 0 Å². The summed E-state index contributed by atoms with van der Waals surface area (Å²) in [4.78, 5) is 6.95. The van der Waals surface area contributed by atoms with Gasteiger partial charge in [-0.2, -0.15) is 23.8 Å². The molecule has 5 nitrogen and oxygen atoms in total. The number of aromatic nitrogens is 4. The number of benzene rings is 1. The molecule has 2 heterocycles. The van der Waals surface area contributed by atoms with Gasteiger partial charge in [0.1, 0.15) is 5.82 Å². The van der Waals surface area contributed by atoms with Gasteiger partial charge in [0.25, 0.3) is 0 Å². The Labute approximate surface area is 129 Å². The molecule has 0 spiro atoms. The topological polar surface area (TPSA) is 55.6 Å². The summed E-state index contributed by atoms with van der Waals surface area (Å²) in [5, 5.41) is 6.98. The first kappa shape index (κ1) is 15.0. The predicted molar refractivity (Wildman–Crippen MR) is 77.5 cm³/mol. The maximum absolute atomic E-state index is 13.1. The van der Waals surface area contributed by atoms with E-state index in [-0.39, 0.29) is 17.8 Å². The van der Waals surface area contributed by atoms with Crippen LogP contribution >= 0.6 is 0 Å². The van der Waals surface area contributed by atoms with Gasteiger partial charge in [-0.25, -0.2) is 9.07 Å². The minimum Gasteiger partial charge on any atom is -0.347 e. The maximum Gasteiger partial charge on any atom is 0.228 e. The molecule has 0 saturated carbocycles. The van der Waals surface area contributed by atoms with Gasteiger partial charge < -0.3 is 5.32 Å². The molecule has 8 heteroatoms. The monoisotopic (exact) mass is 319 g/mol. The molecule has 0 saturated heterocycles. The van der Waals surface area contributed by atoms with Crippen LogP contribution in [-0.4, -0.2) is 19.7 Å². The van der Waals surface area contributed by atoms with Crippen molar-refractivity contribution in [3.8, 4) is 5.69 Å². The summed E-state index contributed by atoms with van der Waals surface area (Å²) in [5.74, 6) is -2.38. The SMILES string of the molecule is C[C@H](Nc1nc(F)cc(F)n1)c1cnn(-c2ccc(F)cc2)c1. The Morgan fingerprint density at radius 2 is 1.70 bits per heavy atom. The normalized spacial score (nSPS) is 12.2. The summed E-state index contributed by atoms with van der Waals surface area (Å²) in [6.45, 7) is 1.78. The van der Waals surface area contributed by atoms with E-state index in [4.69, 9.17) is 0 Å². The molecular weight excluding hydrogens is 307 g/mol. The van der Waals surface area contributed by atoms with Crippen molar-refractivity contribution in [2.24, 2.45) is 0 Å². The van der Waals surface area contributed by atoms with Crippen LogP contribution in [0.15, 0.2) is 42.7 Å². The average Bonchev–Trinajstić information content (AvgIpc) is 2.97. The lowest BCUT2D eigenvalue weighted by molar-refractivity contribution is 0.526. The molecule has 0 unspecified atom stereocenters. The fourth-order valence-corrected chi connectivity index (χ4v) is 2.03. The molecule has 0 aliphatic heterocycles. The quantitative estimate of drug-likeness (QED) is 0.750. The average molecular weight is 319 g/mol. The van der Waals surface area contributed by atoms with Crippen LogP contribution in [0, 0.1) is 17.7 Å². The fraction of sp³-hybridized carbons (Fsp3) is 0.133. The Morgan fingerprint density at radius 3 is 2.35 bits per heavy atom. The standard InChI is InChI=1S/C15H12F3N5/c1-9(20-15-21-13(17)6-14(18)22-15)10-7-19-23(8-10)12-4-2-11(16)3-5-12/h2-9H,1H3,(H,20,21,22)/t9-/m0/s1. The van der Waals surface area contributed by atoms with E-state index in [9.17, 15) is 13.2 Å². The second-order valence-corrected chi connectivity index (χ2v) is 4.90. The fourth-order valence-electron chi connectivity index (χ4n) is 2.03. The van der Waals surface area contributed by atoms with Gasteiger partial charge in [-0.3, -0.25) is 0 Å². The molecule has 0 bridgehead atoms. The van der Waals surface area contributed by atoms with Crippen LogP contribution in [0.1, 0.15) is 18.5 Å². The molecule has 23 heavy (non-hydrogen) atoms. The van der Waals surface area contributed by atoms with Crippen LogP contribution in [-0.2, 0) is 0 Å². The molecule has 0 fully saturated rings. The molecule has 0 aliphatic rings. The van der Waals surface area contributed by atoms with E-state index in [2.05, 4.69) is 20.4 Å². The van der Waals surface area contributed by atoms with Crippen molar-refractivity contribution in [3.63, 3.8) is 0 Å². The van der Waals surface area contributed by atoms with Crippen molar-refractivity contribution < 1.29 is 13.2 Å². The van der Waals surface area contributed by atoms with E-state index in [0.717, 1.165) is 5.56 Å². The Bertz CT molecular complexity index is 796. The molecule has 3 rings (SSSR count). The summed E-state index contributed by atoms with van der Waals surface area (Å²) < 4.78 is 40.6. The first-order valence-corrected chi connectivity index (χ1v) is 6.78. The van der Waals surface area contributed by atoms with Crippen LogP contribution < -0.4 is 5.32 Å². The van der Waals surface area contributed by atoms with Crippen LogP contribution in [0.25, 0.3) is 5.69 Å². The van der Waals surface area contributed by atoms with E-state index in [1.807, 2.05) is 0 Å². The van der Waals surface area contributed by atoms with Gasteiger partial charge in [0.2, 0.25) is 17.8 Å². The highest BCUT2D eigenvalue weighted by Crippen LogP contribution is 2.18. The minimum atomic E-state index is -0.950. The zero-order valence-electron chi connectivity index (χ0n) is 12.0. The third-order valence-corrected chi connectivity index (χ3v) is 3.20. The number of hydrogen-bond donors (Lipinski definition) is 1. The number of anilines is 1. The van der Waals surface area contributed by atoms with Gasteiger partial charge >= 0.3 is 0 Å². The first-order valence-electron chi connectivity index (χ1n) is 6.78. The first-order chi connectivity index (χ1) is 11.0. The summed E-state index contributed by atoms with van der Waals surface area (Å²) in [6, 6.07) is 6.13. The summed E-state index contributed by atoms with van der Waals surface area (Å²) in [7, 11) is 0. The molecule has 2 aromatic heterocycles. The molecule has 0 amide bonds. The Morgan fingerprint density at radius 1 is 1.04 bits per heavy atom. The van der Waals surface area contributed by atoms with Crippen molar-refractivity contribution in [2.45, 2.75) is 13.0 Å². The smallest absolute Gasteiger partial charge is 0.228 e. The van der Waals surface area contributed by atoms with Gasteiger partial charge in [0.05, 0.1) is 17.9 Å². The zero-order valence-corrected chi connectivity index (χ0v) is 12.0. The van der Waals surface area contributed by atoms with Crippen LogP contribution in [0.3, 0.4) is 0 Å². The molecule has 1 aromatic carbocycles. The lowest BCUT2D eigenvalue weighted by Crippen LogP contribution is -2.10. The van der Waals surface area contributed by atoms with Crippen LogP contribution in [0.5, 0.6) is 0 Å². The minimum absolute atomic E-state index is 0.149. The summed E-state index contributed by atoms with van der Waals surface area (Å²) in [5.41, 5.74) is 1.44. The van der Waals surface area contributed by atoms with Crippen molar-refractivity contribution in [1.29, 1.82) is 0 Å². The van der Waals surface area contributed by atoms with Crippen LogP contribution in [0.2, 0.25) is 0 Å². The van der Waals surface area contributed by atoms with E-state index < -0.39 is 11.9 Å². The number of nitrogens with zero attached hydrogens (tertiary/aromatic N) is 4. The van der Waals surface area contributed by atoms with Crippen molar-refractivity contribution in [2.75, 3.05) is 5.32 Å². The molecule has 1 N–H and O–H groups in total. The lowest BCUT2D eigenvalue weighted by atomic mass is 10.2. The van der Waals surface area contributed by atoms with Gasteiger partial charge in [-0.05, 0) is 31.2 Å². The molecule has 0 aliphatic carbocycles. The maximum atomic E-state index is 13.1. The van der Waals surface area contributed by atoms with E-state index in [1.165, 1.54) is 12.1 Å². The highest BCUT2D eigenvalue weighted by molar-refractivity contribution is 5.34. The van der Waals surface area contributed by atoms with E-state index in [0.29, 0.717) is 11.8 Å². The lowest BCUT2D eigenvalue weighted by Gasteiger charge is -2.11. The second-order valence-electron chi connectivity index (χ2n) is 4.90. The van der Waals surface area contributed by atoms with E-state index in [1.54, 1.807) is 36.1 Å². The second kappa shape index (κ2) is 6.07. The molecular formula is C15H12F3N5. The Hall–Kier alpha value is -2.90. The number of rotatable bonds is 4. The summed E-state index contributed by atoms with van der Waals surface area (Å²) >= 11 is 0. The van der Waals surface area contributed by atoms with Gasteiger partial charge in [0.15, 0.2) is 0 Å². The molecule has 3 aromatic rings. The van der Waals surface area contributed by atoms with Gasteiger partial charge in [-0.15, -0.1) is 0 Å². The third-order valence-electron chi connectivity index (χ3n) is 3.20. The zero-order chi connectivity index (χ0) is 16.4. The number of hydrogen-bond acceptors (Lipinski definition) is 4. The summed E-state index contributed by atoms with van der Waals surface area (Å²) in [6.07, 6.45) is 3.32. The number of nitrogens with one attached hydrogen (secondary N) is 1. The molecule has 0 radical (unpaired) electrons. The van der Waals surface area contributed by atoms with Gasteiger partial charge in [0, 0.05) is 17.8 Å². The van der Waals surface area contributed by atoms with Crippen molar-refractivity contribution >= 4 is 5.95 Å². The highest BCUT2D eigenvalue weighted by atomic mass is 19.1. The van der Waals surface area contributed by atoms with Crippen molar-refractivity contribution in [3.05, 3.63) is 66.0 Å². The Kier molecular flexibility index (Phi) is 3.96. The third kappa shape index (κ3) is 3.47. The molecule has 1 atom stereocenters. The van der Waals surface area contributed by atoms with Crippen molar-refractivity contribution in [1.82, 2.24) is 19.7 Å². The van der Waals surface area contributed by atoms with Gasteiger partial charge in [-0.1, -0.05) is 0 Å². The largest absolute Gasteiger partial charge is 0.347 e. The Balaban J connectivity index is 1.78. The molecule has 118 valence electrons. The predicted octanol–water partition coefficient (Wildman–Crippen LogP) is 3.25. The highest BCUT2D eigenvalue weighted by Gasteiger charge is 2.12.